The molecule has 0 atom stereocenters. The largest absolute Gasteiger partial charge is 0.299 e. The van der Waals surface area contributed by atoms with Gasteiger partial charge in [0.05, 0.1) is 20.6 Å². The molecule has 0 unspecified atom stereocenters. The first kappa shape index (κ1) is 8.54. The highest BCUT2D eigenvalue weighted by Crippen LogP contribution is 2.20. The van der Waals surface area contributed by atoms with E-state index in [1.165, 1.54) is 18.7 Å². The molecule has 62 valence electrons. The fourth-order valence-corrected chi connectivity index (χ4v) is 1.59. The summed E-state index contributed by atoms with van der Waals surface area (Å²) in [5.74, 6) is 0. The topological polar surface area (TPSA) is 0 Å². The summed E-state index contributed by atoms with van der Waals surface area (Å²) in [4.78, 5) is 0. The summed E-state index contributed by atoms with van der Waals surface area (Å²) in [5.41, 5.74) is 1.53. The van der Waals surface area contributed by atoms with Gasteiger partial charge in [0.25, 0.3) is 0 Å². The monoisotopic (exact) mass is 152 g/mol. The van der Waals surface area contributed by atoms with E-state index in [2.05, 4.69) is 39.2 Å². The van der Waals surface area contributed by atoms with E-state index in [0.717, 1.165) is 10.9 Å². The normalized spacial score (nSPS) is 17.2. The van der Waals surface area contributed by atoms with E-state index < -0.39 is 0 Å². The van der Waals surface area contributed by atoms with Crippen LogP contribution in [0.5, 0.6) is 0 Å². The van der Waals surface area contributed by atoms with Crippen LogP contribution in [0.2, 0.25) is 0 Å². The second kappa shape index (κ2) is 3.22. The minimum Gasteiger partial charge on any atom is -0.299 e. The zero-order chi connectivity index (χ0) is 8.32. The van der Waals surface area contributed by atoms with Gasteiger partial charge in [-0.25, -0.2) is 0 Å². The minimum absolute atomic E-state index is 1.06. The molecule has 1 heteroatoms. The lowest BCUT2D eigenvalue weighted by atomic mass is 10.2. The maximum atomic E-state index is 2.28. The van der Waals surface area contributed by atoms with Gasteiger partial charge < -0.3 is 0 Å². The minimum atomic E-state index is 1.06. The van der Waals surface area contributed by atoms with Gasteiger partial charge in [0.2, 0.25) is 0 Å². The van der Waals surface area contributed by atoms with Crippen molar-refractivity contribution in [1.29, 1.82) is 0 Å². The van der Waals surface area contributed by atoms with Crippen molar-refractivity contribution in [3.63, 3.8) is 0 Å². The molecule has 0 aliphatic heterocycles. The number of hydrogen-bond donors (Lipinski definition) is 0. The van der Waals surface area contributed by atoms with Crippen molar-refractivity contribution in [1.82, 2.24) is 0 Å². The molecule has 1 rings (SSSR count). The Kier molecular flexibility index (Phi) is 2.50. The van der Waals surface area contributed by atoms with Crippen LogP contribution < -0.4 is 0 Å². The molecule has 0 aromatic rings. The van der Waals surface area contributed by atoms with Crippen LogP contribution in [0.4, 0.5) is 0 Å². The number of quaternary nitrogens is 1. The van der Waals surface area contributed by atoms with Crippen molar-refractivity contribution >= 4 is 0 Å². The molecular weight excluding hydrogens is 134 g/mol. The second-order valence-corrected chi connectivity index (χ2v) is 3.70. The maximum Gasteiger partial charge on any atom is 0.112 e. The molecule has 0 heterocycles. The quantitative estimate of drug-likeness (QED) is 0.544. The average Bonchev–Trinajstić information content (AvgIpc) is 2.37. The number of allylic oxidation sites excluding steroid dienone is 3. The van der Waals surface area contributed by atoms with Gasteiger partial charge in [-0.2, -0.15) is 0 Å². The fraction of sp³-hybridized carbons (Fsp3) is 0.600. The van der Waals surface area contributed by atoms with Gasteiger partial charge in [-0.05, 0) is 12.5 Å². The SMILES string of the molecule is CCC[N+](C)(C)C1=CC=CC1. The van der Waals surface area contributed by atoms with Gasteiger partial charge in [-0.1, -0.05) is 19.1 Å². The first-order valence-electron chi connectivity index (χ1n) is 4.36. The molecule has 0 aromatic heterocycles. The Balaban J connectivity index is 2.57. The fourth-order valence-electron chi connectivity index (χ4n) is 1.59. The number of hydrogen-bond acceptors (Lipinski definition) is 0. The van der Waals surface area contributed by atoms with Crippen LogP contribution in [0.1, 0.15) is 19.8 Å². The third kappa shape index (κ3) is 1.93. The van der Waals surface area contributed by atoms with E-state index >= 15 is 0 Å². The van der Waals surface area contributed by atoms with E-state index in [-0.39, 0.29) is 0 Å². The maximum absolute atomic E-state index is 2.28. The van der Waals surface area contributed by atoms with Crippen LogP contribution in [0.15, 0.2) is 23.9 Å². The van der Waals surface area contributed by atoms with Crippen LogP contribution in [0, 0.1) is 0 Å². The molecule has 11 heavy (non-hydrogen) atoms. The summed E-state index contributed by atoms with van der Waals surface area (Å²) in [6, 6.07) is 0. The van der Waals surface area contributed by atoms with E-state index in [0.29, 0.717) is 0 Å². The lowest BCUT2D eigenvalue weighted by Gasteiger charge is -2.29. The summed E-state index contributed by atoms with van der Waals surface area (Å²) < 4.78 is 1.06. The van der Waals surface area contributed by atoms with E-state index in [1.54, 1.807) is 0 Å². The van der Waals surface area contributed by atoms with Crippen LogP contribution in [-0.2, 0) is 0 Å². The molecule has 1 aliphatic carbocycles. The summed E-state index contributed by atoms with van der Waals surface area (Å²) in [7, 11) is 4.56. The highest BCUT2D eigenvalue weighted by atomic mass is 15.3. The zero-order valence-corrected chi connectivity index (χ0v) is 7.80. The molecule has 0 radical (unpaired) electrons. The molecule has 0 aromatic carbocycles. The van der Waals surface area contributed by atoms with E-state index in [4.69, 9.17) is 0 Å². The molecule has 0 saturated heterocycles. The molecule has 0 N–H and O–H groups in total. The number of rotatable bonds is 3. The van der Waals surface area contributed by atoms with Crippen LogP contribution in [0.3, 0.4) is 0 Å². The summed E-state index contributed by atoms with van der Waals surface area (Å²) in [6.45, 7) is 3.48. The first-order valence-corrected chi connectivity index (χ1v) is 4.36. The molecule has 0 bridgehead atoms. The van der Waals surface area contributed by atoms with Crippen molar-refractivity contribution < 1.29 is 4.48 Å². The molecule has 0 fully saturated rings. The van der Waals surface area contributed by atoms with Gasteiger partial charge in [0, 0.05) is 6.42 Å². The predicted molar refractivity (Wildman–Crippen MR) is 49.1 cm³/mol. The van der Waals surface area contributed by atoms with Crippen molar-refractivity contribution in [2.75, 3.05) is 20.6 Å². The predicted octanol–water partition coefficient (Wildman–Crippen LogP) is 2.32. The first-order chi connectivity index (χ1) is 5.17. The Bertz CT molecular complexity index is 187. The van der Waals surface area contributed by atoms with Crippen molar-refractivity contribution in [2.24, 2.45) is 0 Å². The highest BCUT2D eigenvalue weighted by molar-refractivity contribution is 5.18. The molecule has 0 amide bonds. The standard InChI is InChI=1S/C10H18N/c1-4-9-11(2,3)10-7-5-6-8-10/h5-7H,4,8-9H2,1-3H3/q+1. The Morgan fingerprint density at radius 2 is 2.18 bits per heavy atom. The summed E-state index contributed by atoms with van der Waals surface area (Å²) in [5, 5.41) is 0. The Labute approximate surface area is 69.6 Å². The number of nitrogens with zero attached hydrogens (tertiary/aromatic N) is 1. The molecule has 0 spiro atoms. The zero-order valence-electron chi connectivity index (χ0n) is 7.80. The highest BCUT2D eigenvalue weighted by Gasteiger charge is 2.20. The van der Waals surface area contributed by atoms with Crippen molar-refractivity contribution in [3.05, 3.63) is 23.9 Å². The van der Waals surface area contributed by atoms with Gasteiger partial charge in [-0.15, -0.1) is 0 Å². The van der Waals surface area contributed by atoms with Gasteiger partial charge in [0.1, 0.15) is 5.70 Å². The average molecular weight is 152 g/mol. The Morgan fingerprint density at radius 1 is 1.45 bits per heavy atom. The molecule has 1 aliphatic rings. The van der Waals surface area contributed by atoms with Gasteiger partial charge in [0.15, 0.2) is 0 Å². The third-order valence-electron chi connectivity index (χ3n) is 2.31. The van der Waals surface area contributed by atoms with Gasteiger partial charge in [-0.3, -0.25) is 4.48 Å². The third-order valence-corrected chi connectivity index (χ3v) is 2.31. The van der Waals surface area contributed by atoms with Crippen LogP contribution in [-0.4, -0.2) is 25.1 Å². The summed E-state index contributed by atoms with van der Waals surface area (Å²) >= 11 is 0. The smallest absolute Gasteiger partial charge is 0.112 e. The molecule has 1 nitrogen and oxygen atoms in total. The van der Waals surface area contributed by atoms with Crippen LogP contribution in [0.25, 0.3) is 0 Å². The van der Waals surface area contributed by atoms with E-state index in [9.17, 15) is 0 Å². The Hall–Kier alpha value is -0.560. The second-order valence-electron chi connectivity index (χ2n) is 3.70. The van der Waals surface area contributed by atoms with Crippen molar-refractivity contribution in [3.8, 4) is 0 Å². The Morgan fingerprint density at radius 3 is 2.64 bits per heavy atom. The molecule has 0 saturated carbocycles. The summed E-state index contributed by atoms with van der Waals surface area (Å²) in [6.07, 6.45) is 9.03. The van der Waals surface area contributed by atoms with Gasteiger partial charge >= 0.3 is 0 Å². The molecular formula is C10H18N+. The lowest BCUT2D eigenvalue weighted by molar-refractivity contribution is -0.853. The van der Waals surface area contributed by atoms with Crippen LogP contribution >= 0.6 is 0 Å². The lowest BCUT2D eigenvalue weighted by Crippen LogP contribution is -2.38. The van der Waals surface area contributed by atoms with E-state index in [1.807, 2.05) is 0 Å². The van der Waals surface area contributed by atoms with Crippen molar-refractivity contribution in [2.45, 2.75) is 19.8 Å².